The van der Waals surface area contributed by atoms with Gasteiger partial charge >= 0.3 is 0 Å². The van der Waals surface area contributed by atoms with Gasteiger partial charge in [0.1, 0.15) is 24.6 Å². The molecule has 1 aliphatic heterocycles. The number of morpholine rings is 1. The first kappa shape index (κ1) is 23.5. The zero-order chi connectivity index (χ0) is 20.9. The van der Waals surface area contributed by atoms with Crippen LogP contribution in [0.5, 0.6) is 11.5 Å². The van der Waals surface area contributed by atoms with E-state index in [1.807, 2.05) is 6.07 Å². The first-order chi connectivity index (χ1) is 14.6. The highest BCUT2D eigenvalue weighted by Crippen LogP contribution is 2.35. The summed E-state index contributed by atoms with van der Waals surface area (Å²) in [7, 11) is 1.58. The summed E-state index contributed by atoms with van der Waals surface area (Å²) < 4.78 is 31.8. The smallest absolute Gasteiger partial charge is 0.163 e. The summed E-state index contributed by atoms with van der Waals surface area (Å²) in [6.45, 7) is 4.67. The van der Waals surface area contributed by atoms with E-state index in [9.17, 15) is 4.39 Å². The molecule has 0 radical (unpaired) electrons. The van der Waals surface area contributed by atoms with Gasteiger partial charge in [-0.25, -0.2) is 14.4 Å². The van der Waals surface area contributed by atoms with E-state index in [1.54, 1.807) is 25.3 Å². The normalized spacial score (nSPS) is 14.2. The fourth-order valence-corrected chi connectivity index (χ4v) is 3.60. The molecule has 0 amide bonds. The minimum Gasteiger partial charge on any atom is -0.493 e. The lowest BCUT2D eigenvalue weighted by molar-refractivity contribution is 0.0321. The number of rotatable bonds is 7. The van der Waals surface area contributed by atoms with E-state index in [1.165, 1.54) is 12.4 Å². The summed E-state index contributed by atoms with van der Waals surface area (Å²) >= 11 is 3.26. The Balaban J connectivity index is 0.00000272. The van der Waals surface area contributed by atoms with Crippen LogP contribution in [0.15, 0.2) is 41.1 Å². The van der Waals surface area contributed by atoms with Gasteiger partial charge in [0.2, 0.25) is 0 Å². The number of nitrogens with zero attached hydrogens (tertiary/aromatic N) is 3. The number of hydrogen-bond donors (Lipinski definition) is 1. The lowest BCUT2D eigenvalue weighted by atomic mass is 10.2. The molecule has 1 fully saturated rings. The second kappa shape index (κ2) is 10.9. The number of benzene rings is 2. The minimum absolute atomic E-state index is 0. The van der Waals surface area contributed by atoms with E-state index in [-0.39, 0.29) is 18.2 Å². The standard InChI is InChI=1S/C21H22BrFN4O3.ClH/c1-28-19-11-15-18(12-20(19)30-9-6-27-4-7-29-8-5-27)24-13-25-21(15)26-17-3-2-14(22)10-16(17)23;/h2-3,10-13H,4-9H2,1H3,(H,24,25,26);1H. The van der Waals surface area contributed by atoms with Gasteiger partial charge in [0, 0.05) is 35.6 Å². The molecule has 0 unspecified atom stereocenters. The van der Waals surface area contributed by atoms with Crippen molar-refractivity contribution >= 4 is 50.7 Å². The first-order valence-electron chi connectivity index (χ1n) is 9.62. The molecular formula is C21H23BrClFN4O3. The molecular weight excluding hydrogens is 491 g/mol. The average Bonchev–Trinajstić information content (AvgIpc) is 2.76. The highest BCUT2D eigenvalue weighted by Gasteiger charge is 2.14. The molecule has 1 aliphatic rings. The molecule has 0 spiro atoms. The van der Waals surface area contributed by atoms with E-state index >= 15 is 0 Å². The van der Waals surface area contributed by atoms with Crippen LogP contribution in [0.2, 0.25) is 0 Å². The van der Waals surface area contributed by atoms with Crippen molar-refractivity contribution in [1.29, 1.82) is 0 Å². The zero-order valence-electron chi connectivity index (χ0n) is 16.9. The SMILES string of the molecule is COc1cc2c(Nc3ccc(Br)cc3F)ncnc2cc1OCCN1CCOCC1.Cl. The van der Waals surface area contributed by atoms with Crippen molar-refractivity contribution in [2.24, 2.45) is 0 Å². The largest absolute Gasteiger partial charge is 0.493 e. The Hall–Kier alpha value is -2.20. The topological polar surface area (TPSA) is 68.7 Å². The Kier molecular flexibility index (Phi) is 8.25. The summed E-state index contributed by atoms with van der Waals surface area (Å²) in [4.78, 5) is 10.9. The number of aromatic nitrogens is 2. The van der Waals surface area contributed by atoms with Crippen LogP contribution in [0.4, 0.5) is 15.9 Å². The second-order valence-electron chi connectivity index (χ2n) is 6.79. The quantitative estimate of drug-likeness (QED) is 0.502. The van der Waals surface area contributed by atoms with Crippen molar-refractivity contribution in [2.75, 3.05) is 51.9 Å². The zero-order valence-corrected chi connectivity index (χ0v) is 19.3. The van der Waals surface area contributed by atoms with Crippen LogP contribution in [0.3, 0.4) is 0 Å². The molecule has 4 rings (SSSR count). The Morgan fingerprint density at radius 1 is 1.16 bits per heavy atom. The van der Waals surface area contributed by atoms with E-state index in [2.05, 4.69) is 36.1 Å². The van der Waals surface area contributed by atoms with Gasteiger partial charge in [-0.3, -0.25) is 4.90 Å². The molecule has 10 heteroatoms. The third kappa shape index (κ3) is 5.74. The van der Waals surface area contributed by atoms with Crippen LogP contribution in [-0.4, -0.2) is 61.4 Å². The molecule has 1 aromatic heterocycles. The van der Waals surface area contributed by atoms with Gasteiger partial charge in [-0.2, -0.15) is 0 Å². The van der Waals surface area contributed by atoms with Crippen LogP contribution in [-0.2, 0) is 4.74 Å². The molecule has 3 aromatic rings. The van der Waals surface area contributed by atoms with Crippen LogP contribution in [0, 0.1) is 5.82 Å². The molecule has 2 aromatic carbocycles. The van der Waals surface area contributed by atoms with E-state index in [4.69, 9.17) is 14.2 Å². The Morgan fingerprint density at radius 2 is 1.97 bits per heavy atom. The van der Waals surface area contributed by atoms with Gasteiger partial charge in [0.25, 0.3) is 0 Å². The Morgan fingerprint density at radius 3 is 2.71 bits per heavy atom. The third-order valence-electron chi connectivity index (χ3n) is 4.87. The highest BCUT2D eigenvalue weighted by molar-refractivity contribution is 9.10. The molecule has 0 saturated carbocycles. The maximum absolute atomic E-state index is 14.2. The number of hydrogen-bond acceptors (Lipinski definition) is 7. The molecule has 0 atom stereocenters. The van der Waals surface area contributed by atoms with E-state index < -0.39 is 0 Å². The van der Waals surface area contributed by atoms with Gasteiger partial charge in [0.15, 0.2) is 11.5 Å². The number of fused-ring (bicyclic) bond motifs is 1. The predicted molar refractivity (Wildman–Crippen MR) is 123 cm³/mol. The number of nitrogens with one attached hydrogen (secondary N) is 1. The van der Waals surface area contributed by atoms with Crippen LogP contribution < -0.4 is 14.8 Å². The van der Waals surface area contributed by atoms with Crippen molar-refractivity contribution in [3.63, 3.8) is 0 Å². The minimum atomic E-state index is -0.383. The van der Waals surface area contributed by atoms with Crippen LogP contribution in [0.1, 0.15) is 0 Å². The van der Waals surface area contributed by atoms with Crippen molar-refractivity contribution in [3.8, 4) is 11.5 Å². The molecule has 166 valence electrons. The maximum Gasteiger partial charge on any atom is 0.163 e. The van der Waals surface area contributed by atoms with Gasteiger partial charge in [0.05, 0.1) is 31.5 Å². The average molecular weight is 514 g/mol. The van der Waals surface area contributed by atoms with Crippen molar-refractivity contribution in [1.82, 2.24) is 14.9 Å². The lowest BCUT2D eigenvalue weighted by Gasteiger charge is -2.26. The van der Waals surface area contributed by atoms with Crippen molar-refractivity contribution < 1.29 is 18.6 Å². The number of halogens is 3. The summed E-state index contributed by atoms with van der Waals surface area (Å²) in [6, 6.07) is 8.42. The van der Waals surface area contributed by atoms with Gasteiger partial charge in [-0.1, -0.05) is 15.9 Å². The summed E-state index contributed by atoms with van der Waals surface area (Å²) in [5.74, 6) is 1.28. The van der Waals surface area contributed by atoms with Crippen LogP contribution in [0.25, 0.3) is 10.9 Å². The molecule has 0 aliphatic carbocycles. The number of methoxy groups -OCH3 is 1. The fourth-order valence-electron chi connectivity index (χ4n) is 3.26. The van der Waals surface area contributed by atoms with Crippen molar-refractivity contribution in [2.45, 2.75) is 0 Å². The Bertz CT molecular complexity index is 1040. The predicted octanol–water partition coefficient (Wildman–Crippen LogP) is 4.42. The van der Waals surface area contributed by atoms with Crippen LogP contribution >= 0.6 is 28.3 Å². The molecule has 1 N–H and O–H groups in total. The number of anilines is 2. The van der Waals surface area contributed by atoms with Gasteiger partial charge in [-0.05, 0) is 24.3 Å². The monoisotopic (exact) mass is 512 g/mol. The molecule has 1 saturated heterocycles. The van der Waals surface area contributed by atoms with Crippen molar-refractivity contribution in [3.05, 3.63) is 46.9 Å². The lowest BCUT2D eigenvalue weighted by Crippen LogP contribution is -2.38. The molecule has 7 nitrogen and oxygen atoms in total. The van der Waals surface area contributed by atoms with Gasteiger partial charge in [-0.15, -0.1) is 12.4 Å². The van der Waals surface area contributed by atoms with E-state index in [0.29, 0.717) is 45.0 Å². The molecule has 0 bridgehead atoms. The summed E-state index contributed by atoms with van der Waals surface area (Å²) in [6.07, 6.45) is 1.44. The highest BCUT2D eigenvalue weighted by atomic mass is 79.9. The Labute approximate surface area is 194 Å². The molecule has 2 heterocycles. The summed E-state index contributed by atoms with van der Waals surface area (Å²) in [5, 5.41) is 3.74. The fraction of sp³-hybridized carbons (Fsp3) is 0.333. The second-order valence-corrected chi connectivity index (χ2v) is 7.71. The maximum atomic E-state index is 14.2. The van der Waals surface area contributed by atoms with Gasteiger partial charge < -0.3 is 19.5 Å². The third-order valence-corrected chi connectivity index (χ3v) is 5.37. The number of ether oxygens (including phenoxy) is 3. The first-order valence-corrected chi connectivity index (χ1v) is 10.4. The molecule has 31 heavy (non-hydrogen) atoms. The summed E-state index contributed by atoms with van der Waals surface area (Å²) in [5.41, 5.74) is 0.996. The van der Waals surface area contributed by atoms with E-state index in [0.717, 1.165) is 32.8 Å².